The van der Waals surface area contributed by atoms with Crippen molar-refractivity contribution in [3.63, 3.8) is 0 Å². The fourth-order valence-corrected chi connectivity index (χ4v) is 2.62. The molecule has 0 saturated carbocycles. The molecule has 19 heavy (non-hydrogen) atoms. The van der Waals surface area contributed by atoms with Crippen LogP contribution in [-0.2, 0) is 4.79 Å². The number of amides is 1. The number of carbonyl (C=O) groups excluding carboxylic acids is 1. The first kappa shape index (κ1) is 14.0. The molecule has 0 unspecified atom stereocenters. The summed E-state index contributed by atoms with van der Waals surface area (Å²) < 4.78 is 11.4. The summed E-state index contributed by atoms with van der Waals surface area (Å²) in [5, 5.41) is 3.23. The van der Waals surface area contributed by atoms with E-state index < -0.39 is 0 Å². The molecule has 1 aliphatic heterocycles. The van der Waals surface area contributed by atoms with E-state index >= 15 is 0 Å². The summed E-state index contributed by atoms with van der Waals surface area (Å²) in [6.45, 7) is 0.774. The van der Waals surface area contributed by atoms with E-state index in [0.717, 1.165) is 23.1 Å². The maximum atomic E-state index is 11.9. The number of anilines is 1. The Kier molecular flexibility index (Phi) is 4.19. The highest BCUT2D eigenvalue weighted by molar-refractivity contribution is 9.10. The molecule has 0 spiro atoms. The highest BCUT2D eigenvalue weighted by Crippen LogP contribution is 2.36. The maximum Gasteiger partial charge on any atom is 0.244 e. The summed E-state index contributed by atoms with van der Waals surface area (Å²) in [5.74, 6) is 1.45. The lowest BCUT2D eigenvalue weighted by Crippen LogP contribution is -2.31. The molecule has 1 amide bonds. The van der Waals surface area contributed by atoms with Crippen LogP contribution in [0.25, 0.3) is 0 Å². The van der Waals surface area contributed by atoms with Gasteiger partial charge in [0.2, 0.25) is 5.91 Å². The van der Waals surface area contributed by atoms with Crippen LogP contribution in [-0.4, -0.2) is 44.7 Å². The molecule has 1 saturated heterocycles. The van der Waals surface area contributed by atoms with Crippen LogP contribution in [0.3, 0.4) is 0 Å². The number of nitrogens with zero attached hydrogens (tertiary/aromatic N) is 1. The van der Waals surface area contributed by atoms with Crippen molar-refractivity contribution < 1.29 is 14.3 Å². The van der Waals surface area contributed by atoms with E-state index in [1.807, 2.05) is 13.1 Å². The topological polar surface area (TPSA) is 50.8 Å². The van der Waals surface area contributed by atoms with Crippen molar-refractivity contribution in [3.8, 4) is 11.5 Å². The van der Waals surface area contributed by atoms with Gasteiger partial charge in [-0.2, -0.15) is 0 Å². The second-order valence-corrected chi connectivity index (χ2v) is 5.29. The van der Waals surface area contributed by atoms with Crippen LogP contribution in [0.15, 0.2) is 16.6 Å². The van der Waals surface area contributed by atoms with E-state index in [2.05, 4.69) is 21.2 Å². The first-order valence-corrected chi connectivity index (χ1v) is 6.79. The van der Waals surface area contributed by atoms with E-state index in [9.17, 15) is 4.79 Å². The maximum absolute atomic E-state index is 11.9. The Labute approximate surface area is 121 Å². The van der Waals surface area contributed by atoms with Gasteiger partial charge in [0.05, 0.1) is 24.4 Å². The van der Waals surface area contributed by atoms with Gasteiger partial charge in [0, 0.05) is 19.7 Å². The number of carbonyl (C=O) groups is 1. The number of benzene rings is 1. The number of hydrogen-bond acceptors (Lipinski definition) is 4. The van der Waals surface area contributed by atoms with Crippen molar-refractivity contribution in [2.24, 2.45) is 0 Å². The SMILES string of the molecule is COc1cc(OC)c(N[C@@H]2CCN(C)C2=O)cc1Br. The Morgan fingerprint density at radius 3 is 2.53 bits per heavy atom. The lowest BCUT2D eigenvalue weighted by atomic mass is 10.2. The molecule has 1 aliphatic rings. The van der Waals surface area contributed by atoms with Crippen molar-refractivity contribution >= 4 is 27.5 Å². The zero-order valence-electron chi connectivity index (χ0n) is 11.2. The van der Waals surface area contributed by atoms with E-state index in [1.165, 1.54) is 0 Å². The van der Waals surface area contributed by atoms with Gasteiger partial charge in [-0.15, -0.1) is 0 Å². The molecule has 1 heterocycles. The van der Waals surface area contributed by atoms with Crippen molar-refractivity contribution in [3.05, 3.63) is 16.6 Å². The van der Waals surface area contributed by atoms with Gasteiger partial charge < -0.3 is 19.7 Å². The summed E-state index contributed by atoms with van der Waals surface area (Å²) in [5.41, 5.74) is 0.781. The van der Waals surface area contributed by atoms with Gasteiger partial charge >= 0.3 is 0 Å². The molecular formula is C13H17BrN2O3. The molecule has 5 nitrogen and oxygen atoms in total. The molecule has 6 heteroatoms. The van der Waals surface area contributed by atoms with Gasteiger partial charge in [0.25, 0.3) is 0 Å². The Hall–Kier alpha value is -1.43. The molecule has 2 rings (SSSR count). The van der Waals surface area contributed by atoms with Gasteiger partial charge in [-0.3, -0.25) is 4.79 Å². The molecule has 1 atom stereocenters. The third kappa shape index (κ3) is 2.78. The minimum Gasteiger partial charge on any atom is -0.495 e. The molecule has 1 aromatic carbocycles. The number of nitrogens with one attached hydrogen (secondary N) is 1. The van der Waals surface area contributed by atoms with E-state index in [1.54, 1.807) is 25.2 Å². The largest absolute Gasteiger partial charge is 0.495 e. The predicted molar refractivity (Wildman–Crippen MR) is 76.9 cm³/mol. The molecule has 1 N–H and O–H groups in total. The first-order chi connectivity index (χ1) is 9.06. The number of halogens is 1. The second-order valence-electron chi connectivity index (χ2n) is 4.43. The van der Waals surface area contributed by atoms with Crippen molar-refractivity contribution in [1.29, 1.82) is 0 Å². The zero-order chi connectivity index (χ0) is 14.0. The summed E-state index contributed by atoms with van der Waals surface area (Å²) in [4.78, 5) is 13.6. The van der Waals surface area contributed by atoms with Crippen LogP contribution in [0.4, 0.5) is 5.69 Å². The molecule has 0 bridgehead atoms. The molecule has 1 aromatic rings. The van der Waals surface area contributed by atoms with Gasteiger partial charge in [-0.1, -0.05) is 0 Å². The molecule has 1 fully saturated rings. The average Bonchev–Trinajstić information content (AvgIpc) is 2.71. The van der Waals surface area contributed by atoms with Gasteiger partial charge in [-0.25, -0.2) is 0 Å². The fraction of sp³-hybridized carbons (Fsp3) is 0.462. The number of hydrogen-bond donors (Lipinski definition) is 1. The zero-order valence-corrected chi connectivity index (χ0v) is 12.8. The van der Waals surface area contributed by atoms with Crippen molar-refractivity contribution in [2.45, 2.75) is 12.5 Å². The van der Waals surface area contributed by atoms with Crippen molar-refractivity contribution in [2.75, 3.05) is 33.1 Å². The van der Waals surface area contributed by atoms with Crippen LogP contribution in [0.2, 0.25) is 0 Å². The van der Waals surface area contributed by atoms with Crippen molar-refractivity contribution in [1.82, 2.24) is 4.90 Å². The molecular weight excluding hydrogens is 312 g/mol. The number of methoxy groups -OCH3 is 2. The van der Waals surface area contributed by atoms with Gasteiger partial charge in [0.1, 0.15) is 17.5 Å². The number of likely N-dealkylation sites (tertiary alicyclic amines) is 1. The second kappa shape index (κ2) is 5.69. The smallest absolute Gasteiger partial charge is 0.244 e. The summed E-state index contributed by atoms with van der Waals surface area (Å²) in [7, 11) is 5.00. The monoisotopic (exact) mass is 328 g/mol. The van der Waals surface area contributed by atoms with Crippen LogP contribution in [0, 0.1) is 0 Å². The summed E-state index contributed by atoms with van der Waals surface area (Å²) >= 11 is 3.43. The lowest BCUT2D eigenvalue weighted by Gasteiger charge is -2.17. The minimum absolute atomic E-state index is 0.106. The summed E-state index contributed by atoms with van der Waals surface area (Å²) in [6.07, 6.45) is 0.794. The summed E-state index contributed by atoms with van der Waals surface area (Å²) in [6, 6.07) is 3.46. The highest BCUT2D eigenvalue weighted by atomic mass is 79.9. The van der Waals surface area contributed by atoms with Crippen LogP contribution < -0.4 is 14.8 Å². The lowest BCUT2D eigenvalue weighted by molar-refractivity contribution is -0.127. The van der Waals surface area contributed by atoms with Crippen LogP contribution >= 0.6 is 15.9 Å². The van der Waals surface area contributed by atoms with E-state index in [-0.39, 0.29) is 11.9 Å². The van der Waals surface area contributed by atoms with Crippen LogP contribution in [0.5, 0.6) is 11.5 Å². The normalized spacial score (nSPS) is 18.6. The Morgan fingerprint density at radius 1 is 1.32 bits per heavy atom. The fourth-order valence-electron chi connectivity index (χ4n) is 2.12. The molecule has 0 aromatic heterocycles. The van der Waals surface area contributed by atoms with Crippen LogP contribution in [0.1, 0.15) is 6.42 Å². The third-order valence-electron chi connectivity index (χ3n) is 3.23. The van der Waals surface area contributed by atoms with E-state index in [4.69, 9.17) is 9.47 Å². The Balaban J connectivity index is 2.25. The number of rotatable bonds is 4. The molecule has 0 aliphatic carbocycles. The average molecular weight is 329 g/mol. The highest BCUT2D eigenvalue weighted by Gasteiger charge is 2.29. The van der Waals surface area contributed by atoms with E-state index in [0.29, 0.717) is 11.5 Å². The minimum atomic E-state index is -0.195. The third-order valence-corrected chi connectivity index (χ3v) is 3.85. The van der Waals surface area contributed by atoms with Gasteiger partial charge in [-0.05, 0) is 28.4 Å². The van der Waals surface area contributed by atoms with Gasteiger partial charge in [0.15, 0.2) is 0 Å². The standard InChI is InChI=1S/C13H17BrN2O3/c1-16-5-4-9(13(16)17)15-10-6-8(14)11(18-2)7-12(10)19-3/h6-7,9,15H,4-5H2,1-3H3/t9-/m1/s1. The Morgan fingerprint density at radius 2 is 2.00 bits per heavy atom. The molecule has 0 radical (unpaired) electrons. The number of likely N-dealkylation sites (N-methyl/N-ethyl adjacent to an activating group) is 1. The number of ether oxygens (including phenoxy) is 2. The Bertz CT molecular complexity index is 493. The first-order valence-electron chi connectivity index (χ1n) is 6.00. The molecule has 104 valence electrons. The predicted octanol–water partition coefficient (Wildman–Crippen LogP) is 2.11. The quantitative estimate of drug-likeness (QED) is 0.919.